The molecule has 0 saturated carbocycles. The number of carbonyl (C=O) groups excluding carboxylic acids is 2. The van der Waals surface area contributed by atoms with Crippen molar-refractivity contribution in [3.63, 3.8) is 0 Å². The first-order valence-electron chi connectivity index (χ1n) is 8.65. The highest BCUT2D eigenvalue weighted by Gasteiger charge is 2.15. The summed E-state index contributed by atoms with van der Waals surface area (Å²) in [4.78, 5) is 24.0. The molecule has 1 aliphatic rings. The fourth-order valence-electron chi connectivity index (χ4n) is 2.99. The van der Waals surface area contributed by atoms with E-state index < -0.39 is 25.1 Å². The van der Waals surface area contributed by atoms with Crippen LogP contribution >= 0.6 is 0 Å². The minimum atomic E-state index is -2.91. The molecule has 0 bridgehead atoms. The van der Waals surface area contributed by atoms with Crippen LogP contribution in [0.3, 0.4) is 0 Å². The number of rotatable bonds is 6. The van der Waals surface area contributed by atoms with Crippen LogP contribution in [0.2, 0.25) is 0 Å². The van der Waals surface area contributed by atoms with Crippen LogP contribution < -0.4 is 10.1 Å². The highest BCUT2D eigenvalue weighted by Crippen LogP contribution is 2.22. The van der Waals surface area contributed by atoms with Gasteiger partial charge in [0.15, 0.2) is 6.61 Å². The standard InChI is InChI=1S/C20H19F2NO4/c21-20(22)27-17-9-7-16(8-10-17)23-18(24)12-26-19(25)15-6-5-13-3-1-2-4-14(13)11-15/h5-11,20H,1-4,12H2,(H,23,24). The second kappa shape index (κ2) is 8.62. The lowest BCUT2D eigenvalue weighted by Gasteiger charge is -2.16. The number of benzene rings is 2. The number of amides is 1. The molecule has 0 saturated heterocycles. The van der Waals surface area contributed by atoms with Crippen LogP contribution in [0.25, 0.3) is 0 Å². The summed E-state index contributed by atoms with van der Waals surface area (Å²) in [6.45, 7) is -3.35. The van der Waals surface area contributed by atoms with Gasteiger partial charge in [-0.25, -0.2) is 4.79 Å². The van der Waals surface area contributed by atoms with Crippen LogP contribution in [0.1, 0.15) is 34.3 Å². The predicted octanol–water partition coefficient (Wildman–Crippen LogP) is 3.96. The topological polar surface area (TPSA) is 64.6 Å². The zero-order valence-corrected chi connectivity index (χ0v) is 14.5. The van der Waals surface area contributed by atoms with Crippen LogP contribution in [0, 0.1) is 0 Å². The molecule has 1 N–H and O–H groups in total. The molecule has 2 aromatic rings. The Labute approximate surface area is 155 Å². The summed E-state index contributed by atoms with van der Waals surface area (Å²) < 4.78 is 33.5. The Hall–Kier alpha value is -2.96. The van der Waals surface area contributed by atoms with Crippen molar-refractivity contribution in [2.75, 3.05) is 11.9 Å². The number of ether oxygens (including phenoxy) is 2. The van der Waals surface area contributed by atoms with E-state index in [4.69, 9.17) is 4.74 Å². The number of aryl methyl sites for hydroxylation is 2. The van der Waals surface area contributed by atoms with E-state index >= 15 is 0 Å². The second-order valence-electron chi connectivity index (χ2n) is 6.22. The highest BCUT2D eigenvalue weighted by atomic mass is 19.3. The molecular weight excluding hydrogens is 356 g/mol. The van der Waals surface area contributed by atoms with Gasteiger partial charge in [0.25, 0.3) is 5.91 Å². The quantitative estimate of drug-likeness (QED) is 0.776. The minimum Gasteiger partial charge on any atom is -0.452 e. The van der Waals surface area contributed by atoms with E-state index in [1.807, 2.05) is 12.1 Å². The normalized spacial score (nSPS) is 13.0. The lowest BCUT2D eigenvalue weighted by molar-refractivity contribution is -0.119. The molecule has 3 rings (SSSR count). The molecule has 142 valence electrons. The van der Waals surface area contributed by atoms with Crippen molar-refractivity contribution in [2.45, 2.75) is 32.3 Å². The van der Waals surface area contributed by atoms with E-state index in [2.05, 4.69) is 10.1 Å². The molecule has 0 unspecified atom stereocenters. The summed E-state index contributed by atoms with van der Waals surface area (Å²) in [7, 11) is 0. The van der Waals surface area contributed by atoms with Gasteiger partial charge in [-0.05, 0) is 73.2 Å². The van der Waals surface area contributed by atoms with Crippen LogP contribution in [-0.4, -0.2) is 25.1 Å². The monoisotopic (exact) mass is 375 g/mol. The highest BCUT2D eigenvalue weighted by molar-refractivity contribution is 5.95. The number of fused-ring (bicyclic) bond motifs is 1. The third-order valence-electron chi connectivity index (χ3n) is 4.28. The Morgan fingerprint density at radius 2 is 1.70 bits per heavy atom. The molecular formula is C20H19F2NO4. The van der Waals surface area contributed by atoms with Crippen LogP contribution in [0.5, 0.6) is 5.75 Å². The van der Waals surface area contributed by atoms with E-state index in [0.29, 0.717) is 11.3 Å². The summed E-state index contributed by atoms with van der Waals surface area (Å²) >= 11 is 0. The van der Waals surface area contributed by atoms with Crippen molar-refractivity contribution in [1.82, 2.24) is 0 Å². The van der Waals surface area contributed by atoms with Crippen molar-refractivity contribution in [1.29, 1.82) is 0 Å². The Kier molecular flexibility index (Phi) is 6.01. The molecule has 0 aromatic heterocycles. The van der Waals surface area contributed by atoms with Gasteiger partial charge < -0.3 is 14.8 Å². The number of anilines is 1. The SMILES string of the molecule is O=C(COC(=O)c1ccc2c(c1)CCCC2)Nc1ccc(OC(F)F)cc1. The summed E-state index contributed by atoms with van der Waals surface area (Å²) in [5.41, 5.74) is 3.23. The fraction of sp³-hybridized carbons (Fsp3) is 0.300. The lowest BCUT2D eigenvalue weighted by Crippen LogP contribution is -2.21. The molecule has 0 heterocycles. The van der Waals surface area contributed by atoms with Crippen molar-refractivity contribution in [2.24, 2.45) is 0 Å². The van der Waals surface area contributed by atoms with Gasteiger partial charge in [0.1, 0.15) is 5.75 Å². The molecule has 0 fully saturated rings. The van der Waals surface area contributed by atoms with E-state index in [0.717, 1.165) is 31.2 Å². The molecule has 0 atom stereocenters. The minimum absolute atomic E-state index is 0.0122. The zero-order chi connectivity index (χ0) is 19.2. The maximum absolute atomic E-state index is 12.1. The first-order valence-corrected chi connectivity index (χ1v) is 8.65. The van der Waals surface area contributed by atoms with Crippen molar-refractivity contribution in [3.8, 4) is 5.75 Å². The molecule has 1 amide bonds. The largest absolute Gasteiger partial charge is 0.452 e. The van der Waals surface area contributed by atoms with Gasteiger partial charge in [-0.1, -0.05) is 6.07 Å². The van der Waals surface area contributed by atoms with Gasteiger partial charge in [-0.3, -0.25) is 4.79 Å². The molecule has 7 heteroatoms. The molecule has 5 nitrogen and oxygen atoms in total. The van der Waals surface area contributed by atoms with Crippen LogP contribution in [0.15, 0.2) is 42.5 Å². The lowest BCUT2D eigenvalue weighted by atomic mass is 9.90. The average molecular weight is 375 g/mol. The average Bonchev–Trinajstić information content (AvgIpc) is 2.67. The van der Waals surface area contributed by atoms with Crippen molar-refractivity contribution in [3.05, 3.63) is 59.2 Å². The van der Waals surface area contributed by atoms with Gasteiger partial charge >= 0.3 is 12.6 Å². The molecule has 0 spiro atoms. The third kappa shape index (κ3) is 5.26. The number of esters is 1. The van der Waals surface area contributed by atoms with Crippen molar-refractivity contribution >= 4 is 17.6 Å². The van der Waals surface area contributed by atoms with E-state index in [9.17, 15) is 18.4 Å². The molecule has 0 aliphatic heterocycles. The predicted molar refractivity (Wildman–Crippen MR) is 95.1 cm³/mol. The van der Waals surface area contributed by atoms with Gasteiger partial charge in [-0.2, -0.15) is 8.78 Å². The maximum atomic E-state index is 12.1. The van der Waals surface area contributed by atoms with Gasteiger partial charge in [0.2, 0.25) is 0 Å². The first-order chi connectivity index (χ1) is 13.0. The molecule has 27 heavy (non-hydrogen) atoms. The number of nitrogens with one attached hydrogen (secondary N) is 1. The first kappa shape index (κ1) is 18.8. The third-order valence-corrected chi connectivity index (χ3v) is 4.28. The molecule has 0 radical (unpaired) electrons. The van der Waals surface area contributed by atoms with Gasteiger partial charge in [0, 0.05) is 5.69 Å². The van der Waals surface area contributed by atoms with Crippen LogP contribution in [-0.2, 0) is 22.4 Å². The van der Waals surface area contributed by atoms with E-state index in [1.165, 1.54) is 29.8 Å². The molecule has 1 aliphatic carbocycles. The number of hydrogen-bond donors (Lipinski definition) is 1. The number of halogens is 2. The van der Waals surface area contributed by atoms with Gasteiger partial charge in [-0.15, -0.1) is 0 Å². The summed E-state index contributed by atoms with van der Waals surface area (Å²) in [6.07, 6.45) is 4.23. The smallest absolute Gasteiger partial charge is 0.387 e. The zero-order valence-electron chi connectivity index (χ0n) is 14.5. The summed E-state index contributed by atoms with van der Waals surface area (Å²) in [5.74, 6) is -1.09. The fourth-order valence-corrected chi connectivity index (χ4v) is 2.99. The Morgan fingerprint density at radius 3 is 2.41 bits per heavy atom. The Morgan fingerprint density at radius 1 is 1.00 bits per heavy atom. The van der Waals surface area contributed by atoms with E-state index in [-0.39, 0.29) is 5.75 Å². The Balaban J connectivity index is 1.50. The number of carbonyl (C=O) groups is 2. The second-order valence-corrected chi connectivity index (χ2v) is 6.22. The van der Waals surface area contributed by atoms with Gasteiger partial charge in [0.05, 0.1) is 5.56 Å². The summed E-state index contributed by atoms with van der Waals surface area (Å²) in [5, 5.41) is 2.52. The summed E-state index contributed by atoms with van der Waals surface area (Å²) in [6, 6.07) is 10.9. The maximum Gasteiger partial charge on any atom is 0.387 e. The number of hydrogen-bond acceptors (Lipinski definition) is 4. The van der Waals surface area contributed by atoms with Crippen LogP contribution in [0.4, 0.5) is 14.5 Å². The molecule has 2 aromatic carbocycles. The van der Waals surface area contributed by atoms with E-state index in [1.54, 1.807) is 6.07 Å². The Bertz CT molecular complexity index is 821. The van der Waals surface area contributed by atoms with Crippen molar-refractivity contribution < 1.29 is 27.8 Å². The number of alkyl halides is 2.